The van der Waals surface area contributed by atoms with Gasteiger partial charge in [0.1, 0.15) is 0 Å². The Labute approximate surface area is 143 Å². The average Bonchev–Trinajstić information content (AvgIpc) is 3.05. The van der Waals surface area contributed by atoms with Gasteiger partial charge < -0.3 is 10.2 Å². The summed E-state index contributed by atoms with van der Waals surface area (Å²) in [4.78, 5) is 26.8. The topological polar surface area (TPSA) is 49.4 Å². The van der Waals surface area contributed by atoms with Crippen molar-refractivity contribution in [2.24, 2.45) is 0 Å². The van der Waals surface area contributed by atoms with Crippen molar-refractivity contribution >= 4 is 23.6 Å². The molecule has 1 aromatic rings. The van der Waals surface area contributed by atoms with Gasteiger partial charge in [0.2, 0.25) is 11.8 Å². The van der Waals surface area contributed by atoms with Crippen molar-refractivity contribution in [3.05, 3.63) is 29.3 Å². The normalized spacial score (nSPS) is 14.1. The van der Waals surface area contributed by atoms with Gasteiger partial charge in [0.15, 0.2) is 0 Å². The summed E-state index contributed by atoms with van der Waals surface area (Å²) in [7, 11) is 0. The second-order valence-corrected chi connectivity index (χ2v) is 7.20. The lowest BCUT2D eigenvalue weighted by Gasteiger charge is -2.15. The molecule has 0 radical (unpaired) electrons. The van der Waals surface area contributed by atoms with Crippen LogP contribution in [0, 0.1) is 13.8 Å². The van der Waals surface area contributed by atoms with Gasteiger partial charge in [0, 0.05) is 43.1 Å². The van der Waals surface area contributed by atoms with Crippen LogP contribution in [0.3, 0.4) is 0 Å². The van der Waals surface area contributed by atoms with E-state index in [1.165, 1.54) is 16.0 Å². The fourth-order valence-electron chi connectivity index (χ4n) is 2.59. The molecule has 1 aromatic carbocycles. The Morgan fingerprint density at radius 2 is 1.87 bits per heavy atom. The van der Waals surface area contributed by atoms with Crippen molar-refractivity contribution in [2.45, 2.75) is 44.4 Å². The number of nitrogens with zero attached hydrogens (tertiary/aromatic N) is 1. The molecule has 1 N–H and O–H groups in total. The molecule has 2 amide bonds. The quantitative estimate of drug-likeness (QED) is 0.780. The third-order valence-electron chi connectivity index (χ3n) is 4.20. The van der Waals surface area contributed by atoms with Gasteiger partial charge in [-0.25, -0.2) is 0 Å². The Hall–Kier alpha value is -1.49. The predicted molar refractivity (Wildman–Crippen MR) is 94.7 cm³/mol. The minimum atomic E-state index is 0.0237. The van der Waals surface area contributed by atoms with Gasteiger partial charge in [-0.05, 0) is 49.9 Å². The van der Waals surface area contributed by atoms with Crippen LogP contribution in [0.5, 0.6) is 0 Å². The lowest BCUT2D eigenvalue weighted by atomic mass is 10.1. The maximum absolute atomic E-state index is 11.9. The summed E-state index contributed by atoms with van der Waals surface area (Å²) < 4.78 is 0. The third kappa shape index (κ3) is 5.90. The summed E-state index contributed by atoms with van der Waals surface area (Å²) in [6, 6.07) is 6.37. The highest BCUT2D eigenvalue weighted by Gasteiger charge is 2.17. The molecule has 2 rings (SSSR count). The van der Waals surface area contributed by atoms with E-state index in [4.69, 9.17) is 0 Å². The molecule has 1 saturated heterocycles. The van der Waals surface area contributed by atoms with Crippen molar-refractivity contribution in [2.75, 3.05) is 25.4 Å². The van der Waals surface area contributed by atoms with E-state index in [9.17, 15) is 9.59 Å². The highest BCUT2D eigenvalue weighted by molar-refractivity contribution is 7.99. The Morgan fingerprint density at radius 1 is 1.13 bits per heavy atom. The Balaban J connectivity index is 1.59. The summed E-state index contributed by atoms with van der Waals surface area (Å²) in [6.45, 7) is 6.39. The lowest BCUT2D eigenvalue weighted by Crippen LogP contribution is -2.32. The van der Waals surface area contributed by atoms with Crippen LogP contribution >= 0.6 is 11.8 Å². The van der Waals surface area contributed by atoms with E-state index in [0.29, 0.717) is 19.4 Å². The van der Waals surface area contributed by atoms with Crippen LogP contribution in [0.4, 0.5) is 0 Å². The first kappa shape index (κ1) is 17.9. The largest absolute Gasteiger partial charge is 0.356 e. The molecule has 0 aromatic heterocycles. The van der Waals surface area contributed by atoms with E-state index in [2.05, 4.69) is 37.4 Å². The fourth-order valence-corrected chi connectivity index (χ4v) is 3.53. The number of carbonyl (C=O) groups is 2. The zero-order valence-electron chi connectivity index (χ0n) is 14.1. The third-order valence-corrected chi connectivity index (χ3v) is 5.19. The van der Waals surface area contributed by atoms with E-state index in [1.54, 1.807) is 11.8 Å². The van der Waals surface area contributed by atoms with Gasteiger partial charge in [-0.1, -0.05) is 6.07 Å². The molecular weight excluding hydrogens is 308 g/mol. The second-order valence-electron chi connectivity index (χ2n) is 6.03. The molecule has 0 aliphatic carbocycles. The highest BCUT2D eigenvalue weighted by Crippen LogP contribution is 2.21. The second kappa shape index (κ2) is 8.96. The molecule has 0 saturated carbocycles. The van der Waals surface area contributed by atoms with Crippen LogP contribution in [0.2, 0.25) is 0 Å². The maximum Gasteiger partial charge on any atom is 0.224 e. The van der Waals surface area contributed by atoms with Gasteiger partial charge in [-0.15, -0.1) is 11.8 Å². The maximum atomic E-state index is 11.9. The van der Waals surface area contributed by atoms with Crippen LogP contribution < -0.4 is 5.32 Å². The summed E-state index contributed by atoms with van der Waals surface area (Å²) in [5.41, 5.74) is 2.56. The molecule has 126 valence electrons. The number of amides is 2. The van der Waals surface area contributed by atoms with Crippen LogP contribution in [-0.4, -0.2) is 42.1 Å². The summed E-state index contributed by atoms with van der Waals surface area (Å²) in [6.07, 6.45) is 3.10. The van der Waals surface area contributed by atoms with Crippen molar-refractivity contribution < 1.29 is 9.59 Å². The molecule has 0 spiro atoms. The molecule has 0 atom stereocenters. The zero-order chi connectivity index (χ0) is 16.7. The fraction of sp³-hybridized carbons (Fsp3) is 0.556. The van der Waals surface area contributed by atoms with E-state index in [-0.39, 0.29) is 11.8 Å². The van der Waals surface area contributed by atoms with E-state index >= 15 is 0 Å². The van der Waals surface area contributed by atoms with Gasteiger partial charge in [0.25, 0.3) is 0 Å². The number of rotatable bonds is 7. The smallest absolute Gasteiger partial charge is 0.224 e. The van der Waals surface area contributed by atoms with E-state index < -0.39 is 0 Å². The number of thioether (sulfide) groups is 1. The number of likely N-dealkylation sites (tertiary alicyclic amines) is 1. The molecule has 5 heteroatoms. The first-order valence-electron chi connectivity index (χ1n) is 8.31. The number of nitrogens with one attached hydrogen (secondary N) is 1. The minimum absolute atomic E-state index is 0.0237. The first-order valence-corrected chi connectivity index (χ1v) is 9.29. The van der Waals surface area contributed by atoms with E-state index in [1.807, 2.05) is 4.90 Å². The van der Waals surface area contributed by atoms with Crippen molar-refractivity contribution in [3.63, 3.8) is 0 Å². The Bertz CT molecular complexity index is 554. The molecule has 1 heterocycles. The van der Waals surface area contributed by atoms with Gasteiger partial charge in [-0.2, -0.15) is 0 Å². The monoisotopic (exact) mass is 334 g/mol. The molecule has 0 bridgehead atoms. The van der Waals surface area contributed by atoms with Crippen LogP contribution in [0.25, 0.3) is 0 Å². The highest BCUT2D eigenvalue weighted by atomic mass is 32.2. The zero-order valence-corrected chi connectivity index (χ0v) is 14.9. The minimum Gasteiger partial charge on any atom is -0.356 e. The van der Waals surface area contributed by atoms with Gasteiger partial charge in [-0.3, -0.25) is 9.59 Å². The SMILES string of the molecule is Cc1ccc(SCCC(=O)NCCC(=O)N2CCCC2)cc1C. The lowest BCUT2D eigenvalue weighted by molar-refractivity contribution is -0.130. The molecule has 1 fully saturated rings. The standard InChI is InChI=1S/C18H26N2O2S/c1-14-5-6-16(13-15(14)2)23-12-8-17(21)19-9-7-18(22)20-10-3-4-11-20/h5-6,13H,3-4,7-12H2,1-2H3,(H,19,21). The Kier molecular flexibility index (Phi) is 6.96. The van der Waals surface area contributed by atoms with Crippen LogP contribution in [-0.2, 0) is 9.59 Å². The number of hydrogen-bond donors (Lipinski definition) is 1. The summed E-state index contributed by atoms with van der Waals surface area (Å²) in [5, 5.41) is 2.84. The number of carbonyl (C=O) groups excluding carboxylic acids is 2. The average molecular weight is 334 g/mol. The summed E-state index contributed by atoms with van der Waals surface area (Å²) >= 11 is 1.70. The van der Waals surface area contributed by atoms with Crippen LogP contribution in [0.1, 0.15) is 36.8 Å². The van der Waals surface area contributed by atoms with E-state index in [0.717, 1.165) is 31.7 Å². The van der Waals surface area contributed by atoms with Crippen LogP contribution in [0.15, 0.2) is 23.1 Å². The summed E-state index contributed by atoms with van der Waals surface area (Å²) in [5.74, 6) is 0.942. The molecule has 1 aliphatic heterocycles. The Morgan fingerprint density at radius 3 is 2.57 bits per heavy atom. The molecule has 23 heavy (non-hydrogen) atoms. The molecule has 0 unspecified atom stereocenters. The van der Waals surface area contributed by atoms with Crippen molar-refractivity contribution in [1.82, 2.24) is 10.2 Å². The number of hydrogen-bond acceptors (Lipinski definition) is 3. The predicted octanol–water partition coefficient (Wildman–Crippen LogP) is 2.91. The van der Waals surface area contributed by atoms with Gasteiger partial charge >= 0.3 is 0 Å². The van der Waals surface area contributed by atoms with Crippen molar-refractivity contribution in [1.29, 1.82) is 0 Å². The molecule has 4 nitrogen and oxygen atoms in total. The molecular formula is C18H26N2O2S. The van der Waals surface area contributed by atoms with Crippen molar-refractivity contribution in [3.8, 4) is 0 Å². The first-order chi connectivity index (χ1) is 11.1. The van der Waals surface area contributed by atoms with Gasteiger partial charge in [0.05, 0.1) is 0 Å². The molecule has 1 aliphatic rings. The number of benzene rings is 1. The number of aryl methyl sites for hydroxylation is 2.